The summed E-state index contributed by atoms with van der Waals surface area (Å²) in [6.45, 7) is -0.172. The molecule has 4 nitrogen and oxygen atoms in total. The van der Waals surface area contributed by atoms with Gasteiger partial charge < -0.3 is 5.32 Å². The van der Waals surface area contributed by atoms with Gasteiger partial charge in [-0.3, -0.25) is 9.69 Å². The molecule has 122 valence electrons. The highest BCUT2D eigenvalue weighted by Gasteiger charge is 2.54. The molecule has 1 aliphatic carbocycles. The van der Waals surface area contributed by atoms with E-state index in [0.717, 1.165) is 16.0 Å². The molecule has 0 bridgehead atoms. The Labute approximate surface area is 143 Å². The lowest BCUT2D eigenvalue weighted by atomic mass is 9.96. The number of hydrogen-bond acceptors (Lipinski definition) is 2. The van der Waals surface area contributed by atoms with Crippen molar-refractivity contribution >= 4 is 23.5 Å². The van der Waals surface area contributed by atoms with Gasteiger partial charge >= 0.3 is 6.03 Å². The third kappa shape index (κ3) is 2.19. The molecular weight excluding hydrogens is 331 g/mol. The third-order valence-corrected chi connectivity index (χ3v) is 5.08. The molecule has 4 rings (SSSR count). The van der Waals surface area contributed by atoms with Crippen LogP contribution in [0.15, 0.2) is 42.5 Å². The predicted molar refractivity (Wildman–Crippen MR) is 87.1 cm³/mol. The standard InChI is InChI=1S/C18H14ClFN2O2/c19-14-6-3-7-15(20)13(14)10-22-16(23)18(21-17(22)24)8-11-4-1-2-5-12(11)9-18/h1-7H,8-10H2,(H,21,24). The molecule has 0 atom stereocenters. The first-order valence-corrected chi connectivity index (χ1v) is 8.02. The van der Waals surface area contributed by atoms with Crippen LogP contribution in [0.4, 0.5) is 9.18 Å². The molecule has 1 saturated heterocycles. The van der Waals surface area contributed by atoms with Crippen molar-refractivity contribution in [3.63, 3.8) is 0 Å². The zero-order valence-electron chi connectivity index (χ0n) is 12.7. The van der Waals surface area contributed by atoms with Gasteiger partial charge in [0.15, 0.2) is 0 Å². The van der Waals surface area contributed by atoms with Crippen molar-refractivity contribution in [3.05, 3.63) is 70.0 Å². The molecule has 1 N–H and O–H groups in total. The van der Waals surface area contributed by atoms with Crippen molar-refractivity contribution < 1.29 is 14.0 Å². The van der Waals surface area contributed by atoms with Crippen molar-refractivity contribution in [3.8, 4) is 0 Å². The summed E-state index contributed by atoms with van der Waals surface area (Å²) in [5.41, 5.74) is 1.29. The summed E-state index contributed by atoms with van der Waals surface area (Å²) in [6.07, 6.45) is 0.907. The minimum atomic E-state index is -0.960. The van der Waals surface area contributed by atoms with E-state index in [-0.39, 0.29) is 23.0 Å². The van der Waals surface area contributed by atoms with E-state index in [1.807, 2.05) is 24.3 Å². The van der Waals surface area contributed by atoms with Gasteiger partial charge in [-0.15, -0.1) is 0 Å². The second kappa shape index (κ2) is 5.31. The number of urea groups is 1. The summed E-state index contributed by atoms with van der Waals surface area (Å²) in [4.78, 5) is 26.3. The monoisotopic (exact) mass is 344 g/mol. The van der Waals surface area contributed by atoms with Gasteiger partial charge in [-0.05, 0) is 23.3 Å². The number of benzene rings is 2. The molecule has 0 radical (unpaired) electrons. The quantitative estimate of drug-likeness (QED) is 0.851. The first-order chi connectivity index (χ1) is 11.5. The number of carbonyl (C=O) groups excluding carboxylic acids is 2. The van der Waals surface area contributed by atoms with Gasteiger partial charge in [-0.1, -0.05) is 41.9 Å². The highest BCUT2D eigenvalue weighted by molar-refractivity contribution is 6.31. The number of rotatable bonds is 2. The second-order valence-corrected chi connectivity index (χ2v) is 6.63. The van der Waals surface area contributed by atoms with E-state index in [4.69, 9.17) is 11.6 Å². The molecule has 0 saturated carbocycles. The van der Waals surface area contributed by atoms with E-state index < -0.39 is 17.4 Å². The zero-order valence-corrected chi connectivity index (χ0v) is 13.4. The maximum absolute atomic E-state index is 14.0. The Balaban J connectivity index is 1.64. The largest absolute Gasteiger partial charge is 0.325 e. The number of nitrogens with zero attached hydrogens (tertiary/aromatic N) is 1. The topological polar surface area (TPSA) is 49.4 Å². The van der Waals surface area contributed by atoms with Gasteiger partial charge in [0.2, 0.25) is 0 Å². The molecule has 2 aliphatic rings. The van der Waals surface area contributed by atoms with Gasteiger partial charge in [0.1, 0.15) is 11.4 Å². The van der Waals surface area contributed by atoms with Crippen LogP contribution in [0, 0.1) is 5.82 Å². The van der Waals surface area contributed by atoms with Crippen LogP contribution in [0.1, 0.15) is 16.7 Å². The van der Waals surface area contributed by atoms with Crippen molar-refractivity contribution in [1.82, 2.24) is 10.2 Å². The van der Waals surface area contributed by atoms with Crippen LogP contribution in [0.25, 0.3) is 0 Å². The van der Waals surface area contributed by atoms with Crippen molar-refractivity contribution in [2.75, 3.05) is 0 Å². The Morgan fingerprint density at radius 2 is 1.75 bits per heavy atom. The van der Waals surface area contributed by atoms with Crippen molar-refractivity contribution in [1.29, 1.82) is 0 Å². The van der Waals surface area contributed by atoms with Crippen LogP contribution >= 0.6 is 11.6 Å². The van der Waals surface area contributed by atoms with Crippen LogP contribution in [0.2, 0.25) is 5.02 Å². The maximum Gasteiger partial charge on any atom is 0.325 e. The summed E-state index contributed by atoms with van der Waals surface area (Å²) in [6, 6.07) is 11.5. The first kappa shape index (κ1) is 15.1. The minimum absolute atomic E-state index is 0.148. The summed E-state index contributed by atoms with van der Waals surface area (Å²) in [5, 5.41) is 3.01. The van der Waals surface area contributed by atoms with E-state index in [2.05, 4.69) is 5.32 Å². The Kier molecular flexibility index (Phi) is 3.35. The zero-order chi connectivity index (χ0) is 16.9. The number of hydrogen-bond donors (Lipinski definition) is 1. The Bertz CT molecular complexity index is 823. The lowest BCUT2D eigenvalue weighted by Crippen LogP contribution is -2.47. The Morgan fingerprint density at radius 3 is 2.38 bits per heavy atom. The summed E-state index contributed by atoms with van der Waals surface area (Å²) >= 11 is 6.02. The molecule has 1 aliphatic heterocycles. The number of imide groups is 1. The maximum atomic E-state index is 14.0. The molecule has 0 aromatic heterocycles. The number of halogens is 2. The Morgan fingerprint density at radius 1 is 1.08 bits per heavy atom. The van der Waals surface area contributed by atoms with E-state index >= 15 is 0 Å². The number of amides is 3. The van der Waals surface area contributed by atoms with Crippen LogP contribution in [0.5, 0.6) is 0 Å². The van der Waals surface area contributed by atoms with Gasteiger partial charge in [0.05, 0.1) is 6.54 Å². The predicted octanol–water partition coefficient (Wildman–Crippen LogP) is 3.07. The fraction of sp³-hybridized carbons (Fsp3) is 0.222. The summed E-state index contributed by atoms with van der Waals surface area (Å²) < 4.78 is 14.0. The average Bonchev–Trinajstić information content (AvgIpc) is 3.02. The molecule has 1 fully saturated rings. The van der Waals surface area contributed by atoms with Crippen LogP contribution in [-0.4, -0.2) is 22.4 Å². The molecule has 2 aromatic carbocycles. The molecule has 1 spiro atoms. The van der Waals surface area contributed by atoms with Gasteiger partial charge in [0, 0.05) is 23.4 Å². The normalized spacial score (nSPS) is 18.2. The van der Waals surface area contributed by atoms with Crippen LogP contribution in [0.3, 0.4) is 0 Å². The molecule has 3 amide bonds. The van der Waals surface area contributed by atoms with E-state index in [1.165, 1.54) is 12.1 Å². The fourth-order valence-electron chi connectivity index (χ4n) is 3.52. The Hall–Kier alpha value is -2.40. The van der Waals surface area contributed by atoms with Crippen LogP contribution in [-0.2, 0) is 24.2 Å². The highest BCUT2D eigenvalue weighted by Crippen LogP contribution is 2.35. The fourth-order valence-corrected chi connectivity index (χ4v) is 3.74. The summed E-state index contributed by atoms with van der Waals surface area (Å²) in [5.74, 6) is -0.859. The van der Waals surface area contributed by atoms with Crippen molar-refractivity contribution in [2.24, 2.45) is 0 Å². The van der Waals surface area contributed by atoms with Crippen molar-refractivity contribution in [2.45, 2.75) is 24.9 Å². The van der Waals surface area contributed by atoms with Gasteiger partial charge in [0.25, 0.3) is 5.91 Å². The minimum Gasteiger partial charge on any atom is -0.322 e. The SMILES string of the molecule is O=C1NC2(Cc3ccccc3C2)C(=O)N1Cc1c(F)cccc1Cl. The van der Waals surface area contributed by atoms with E-state index in [0.29, 0.717) is 12.8 Å². The number of nitrogens with one attached hydrogen (secondary N) is 1. The lowest BCUT2D eigenvalue weighted by molar-refractivity contribution is -0.131. The average molecular weight is 345 g/mol. The van der Waals surface area contributed by atoms with E-state index in [9.17, 15) is 14.0 Å². The van der Waals surface area contributed by atoms with E-state index in [1.54, 1.807) is 6.07 Å². The lowest BCUT2D eigenvalue weighted by Gasteiger charge is -2.20. The highest BCUT2D eigenvalue weighted by atomic mass is 35.5. The molecular formula is C18H14ClFN2O2. The van der Waals surface area contributed by atoms with Gasteiger partial charge in [-0.2, -0.15) is 0 Å². The number of fused-ring (bicyclic) bond motifs is 1. The van der Waals surface area contributed by atoms with Gasteiger partial charge in [-0.25, -0.2) is 9.18 Å². The summed E-state index contributed by atoms with van der Waals surface area (Å²) in [7, 11) is 0. The molecule has 0 unspecified atom stereocenters. The second-order valence-electron chi connectivity index (χ2n) is 6.23. The molecule has 2 aromatic rings. The van der Waals surface area contributed by atoms with Crippen LogP contribution < -0.4 is 5.32 Å². The third-order valence-electron chi connectivity index (χ3n) is 4.73. The molecule has 24 heavy (non-hydrogen) atoms. The number of carbonyl (C=O) groups is 2. The smallest absolute Gasteiger partial charge is 0.322 e. The molecule has 6 heteroatoms. The molecule has 1 heterocycles. The first-order valence-electron chi connectivity index (χ1n) is 7.64.